The molecule has 0 aromatic heterocycles. The molecular weight excluding hydrogens is 368 g/mol. The van der Waals surface area contributed by atoms with Gasteiger partial charge in [0, 0.05) is 25.8 Å². The van der Waals surface area contributed by atoms with Crippen LogP contribution < -0.4 is 14.8 Å². The molecule has 0 aliphatic rings. The summed E-state index contributed by atoms with van der Waals surface area (Å²) in [4.78, 5) is 12.1. The summed E-state index contributed by atoms with van der Waals surface area (Å²) >= 11 is 0. The van der Waals surface area contributed by atoms with Gasteiger partial charge in [0.05, 0.1) is 17.2 Å². The fourth-order valence-corrected chi connectivity index (χ4v) is 3.41. The molecule has 2 aromatic rings. The van der Waals surface area contributed by atoms with Gasteiger partial charge in [-0.15, -0.1) is 0 Å². The standard InChI is InChI=1S/C19H24N2O5S/c1-3-26-18-8-5-4-7-17(18)21-27(23,24)16-11-9-15(10-12-16)19(22)20-13-6-14-25-2/h4-5,7-12,21H,3,6,13-14H2,1-2H3,(H,20,22). The summed E-state index contributed by atoms with van der Waals surface area (Å²) in [5, 5.41) is 2.75. The summed E-state index contributed by atoms with van der Waals surface area (Å²) < 4.78 is 38.1. The highest BCUT2D eigenvalue weighted by molar-refractivity contribution is 7.92. The van der Waals surface area contributed by atoms with Crippen LogP contribution in [0.3, 0.4) is 0 Å². The lowest BCUT2D eigenvalue weighted by molar-refractivity contribution is 0.0948. The van der Waals surface area contributed by atoms with E-state index in [4.69, 9.17) is 9.47 Å². The van der Waals surface area contributed by atoms with Crippen LogP contribution in [0.25, 0.3) is 0 Å². The summed E-state index contributed by atoms with van der Waals surface area (Å²) in [6, 6.07) is 12.6. The lowest BCUT2D eigenvalue weighted by Crippen LogP contribution is -2.25. The maximum Gasteiger partial charge on any atom is 0.262 e. The third kappa shape index (κ3) is 5.97. The zero-order chi connectivity index (χ0) is 19.7. The minimum atomic E-state index is -3.80. The Morgan fingerprint density at radius 2 is 1.78 bits per heavy atom. The Labute approximate surface area is 159 Å². The Kier molecular flexibility index (Phi) is 7.63. The molecule has 0 fully saturated rings. The molecule has 7 nitrogen and oxygen atoms in total. The molecule has 2 aromatic carbocycles. The first-order valence-corrected chi connectivity index (χ1v) is 10.1. The van der Waals surface area contributed by atoms with Crippen LogP contribution in [0.5, 0.6) is 5.75 Å². The van der Waals surface area contributed by atoms with E-state index >= 15 is 0 Å². The van der Waals surface area contributed by atoms with Crippen molar-refractivity contribution in [2.24, 2.45) is 0 Å². The molecule has 2 N–H and O–H groups in total. The van der Waals surface area contributed by atoms with E-state index < -0.39 is 10.0 Å². The van der Waals surface area contributed by atoms with Crippen LogP contribution in [0.2, 0.25) is 0 Å². The van der Waals surface area contributed by atoms with E-state index in [1.165, 1.54) is 24.3 Å². The smallest absolute Gasteiger partial charge is 0.262 e. The normalized spacial score (nSPS) is 11.0. The van der Waals surface area contributed by atoms with Crippen LogP contribution in [-0.2, 0) is 14.8 Å². The molecule has 0 radical (unpaired) electrons. The Bertz CT molecular complexity index is 851. The number of methoxy groups -OCH3 is 1. The van der Waals surface area contributed by atoms with Gasteiger partial charge in [0.1, 0.15) is 5.75 Å². The van der Waals surface area contributed by atoms with Gasteiger partial charge in [-0.2, -0.15) is 0 Å². The first-order chi connectivity index (χ1) is 13.0. The second-order valence-electron chi connectivity index (χ2n) is 5.66. The van der Waals surface area contributed by atoms with E-state index in [2.05, 4.69) is 10.0 Å². The highest BCUT2D eigenvalue weighted by Gasteiger charge is 2.17. The van der Waals surface area contributed by atoms with Crippen molar-refractivity contribution >= 4 is 21.6 Å². The summed E-state index contributed by atoms with van der Waals surface area (Å²) in [6.45, 7) is 3.30. The third-order valence-corrected chi connectivity index (χ3v) is 5.05. The third-order valence-electron chi connectivity index (χ3n) is 3.67. The van der Waals surface area contributed by atoms with Gasteiger partial charge in [-0.1, -0.05) is 12.1 Å². The molecule has 0 heterocycles. The molecular formula is C19H24N2O5S. The van der Waals surface area contributed by atoms with Crippen LogP contribution in [0.1, 0.15) is 23.7 Å². The van der Waals surface area contributed by atoms with E-state index in [-0.39, 0.29) is 10.8 Å². The van der Waals surface area contributed by atoms with Gasteiger partial charge in [-0.05, 0) is 49.7 Å². The number of sulfonamides is 1. The number of rotatable bonds is 10. The number of anilines is 1. The Balaban J connectivity index is 2.08. The van der Waals surface area contributed by atoms with E-state index in [9.17, 15) is 13.2 Å². The molecule has 0 bridgehead atoms. The van der Waals surface area contributed by atoms with Crippen LogP contribution in [0.15, 0.2) is 53.4 Å². The van der Waals surface area contributed by atoms with Gasteiger partial charge in [0.2, 0.25) is 0 Å². The van der Waals surface area contributed by atoms with Crippen molar-refractivity contribution in [3.63, 3.8) is 0 Å². The minimum absolute atomic E-state index is 0.0599. The molecule has 27 heavy (non-hydrogen) atoms. The molecule has 146 valence electrons. The Hall–Kier alpha value is -2.58. The lowest BCUT2D eigenvalue weighted by atomic mass is 10.2. The summed E-state index contributed by atoms with van der Waals surface area (Å²) in [6.07, 6.45) is 0.706. The number of ether oxygens (including phenoxy) is 2. The van der Waals surface area contributed by atoms with Crippen molar-refractivity contribution in [3.05, 3.63) is 54.1 Å². The molecule has 0 aliphatic carbocycles. The van der Waals surface area contributed by atoms with Gasteiger partial charge in [-0.25, -0.2) is 8.42 Å². The number of para-hydroxylation sites is 2. The molecule has 0 saturated carbocycles. The predicted octanol–water partition coefficient (Wildman–Crippen LogP) is 2.65. The lowest BCUT2D eigenvalue weighted by Gasteiger charge is -2.13. The molecule has 0 aliphatic heterocycles. The average Bonchev–Trinajstić information content (AvgIpc) is 2.67. The average molecular weight is 392 g/mol. The van der Waals surface area contributed by atoms with E-state index in [1.54, 1.807) is 31.4 Å². The second-order valence-corrected chi connectivity index (χ2v) is 7.34. The number of nitrogens with one attached hydrogen (secondary N) is 2. The van der Waals surface area contributed by atoms with Crippen molar-refractivity contribution in [1.82, 2.24) is 5.32 Å². The highest BCUT2D eigenvalue weighted by Crippen LogP contribution is 2.26. The second kappa shape index (κ2) is 9.94. The van der Waals surface area contributed by atoms with Crippen molar-refractivity contribution in [2.75, 3.05) is 31.6 Å². The Morgan fingerprint density at radius 1 is 1.07 bits per heavy atom. The monoisotopic (exact) mass is 392 g/mol. The number of amides is 1. The topological polar surface area (TPSA) is 93.7 Å². The molecule has 0 spiro atoms. The molecule has 0 saturated heterocycles. The minimum Gasteiger partial charge on any atom is -0.492 e. The summed E-state index contributed by atoms with van der Waals surface area (Å²) in [5.74, 6) is 0.195. The number of hydrogen-bond donors (Lipinski definition) is 2. The first kappa shape index (κ1) is 20.7. The van der Waals surface area contributed by atoms with Gasteiger partial charge in [0.15, 0.2) is 0 Å². The van der Waals surface area contributed by atoms with E-state index in [0.29, 0.717) is 43.2 Å². The SMILES string of the molecule is CCOc1ccccc1NS(=O)(=O)c1ccc(C(=O)NCCCOC)cc1. The summed E-state index contributed by atoms with van der Waals surface area (Å²) in [5.41, 5.74) is 0.750. The molecule has 0 unspecified atom stereocenters. The first-order valence-electron chi connectivity index (χ1n) is 8.59. The van der Waals surface area contributed by atoms with Gasteiger partial charge in [-0.3, -0.25) is 9.52 Å². The number of carbonyl (C=O) groups excluding carboxylic acids is 1. The van der Waals surface area contributed by atoms with Gasteiger partial charge >= 0.3 is 0 Å². The van der Waals surface area contributed by atoms with Crippen molar-refractivity contribution in [1.29, 1.82) is 0 Å². The molecule has 2 rings (SSSR count). The Morgan fingerprint density at radius 3 is 2.44 bits per heavy atom. The van der Waals surface area contributed by atoms with Gasteiger partial charge < -0.3 is 14.8 Å². The van der Waals surface area contributed by atoms with Crippen molar-refractivity contribution in [2.45, 2.75) is 18.2 Å². The van der Waals surface area contributed by atoms with Crippen LogP contribution in [0.4, 0.5) is 5.69 Å². The fraction of sp³-hybridized carbons (Fsp3) is 0.316. The fourth-order valence-electron chi connectivity index (χ4n) is 2.34. The number of carbonyl (C=O) groups is 1. The van der Waals surface area contributed by atoms with E-state index in [1.807, 2.05) is 6.92 Å². The quantitative estimate of drug-likeness (QED) is 0.606. The maximum absolute atomic E-state index is 12.6. The zero-order valence-corrected chi connectivity index (χ0v) is 16.2. The number of benzene rings is 2. The highest BCUT2D eigenvalue weighted by atomic mass is 32.2. The van der Waals surface area contributed by atoms with E-state index in [0.717, 1.165) is 0 Å². The molecule has 0 atom stereocenters. The molecule has 8 heteroatoms. The van der Waals surface area contributed by atoms with Crippen LogP contribution >= 0.6 is 0 Å². The maximum atomic E-state index is 12.6. The number of hydrogen-bond acceptors (Lipinski definition) is 5. The largest absolute Gasteiger partial charge is 0.492 e. The predicted molar refractivity (Wildman–Crippen MR) is 104 cm³/mol. The van der Waals surface area contributed by atoms with Crippen LogP contribution in [0, 0.1) is 0 Å². The van der Waals surface area contributed by atoms with Crippen LogP contribution in [-0.4, -0.2) is 41.2 Å². The van der Waals surface area contributed by atoms with Gasteiger partial charge in [0.25, 0.3) is 15.9 Å². The summed E-state index contributed by atoms with van der Waals surface area (Å²) in [7, 11) is -2.20. The van der Waals surface area contributed by atoms with Crippen molar-refractivity contribution < 1.29 is 22.7 Å². The zero-order valence-electron chi connectivity index (χ0n) is 15.4. The van der Waals surface area contributed by atoms with Crippen molar-refractivity contribution in [3.8, 4) is 5.75 Å². The molecule has 1 amide bonds.